The molecule has 0 radical (unpaired) electrons. The molecule has 2 atom stereocenters. The molecule has 1 aliphatic rings. The molecule has 0 heterocycles. The largest absolute Gasteiger partial charge is 0.382 e. The van der Waals surface area contributed by atoms with Crippen LogP contribution in [-0.2, 0) is 4.74 Å². The number of ether oxygens (including phenoxy) is 1. The van der Waals surface area contributed by atoms with E-state index >= 15 is 0 Å². The maximum atomic E-state index is 5.36. The molecule has 1 rings (SSSR count). The van der Waals surface area contributed by atoms with E-state index in [-0.39, 0.29) is 0 Å². The molecule has 5 heteroatoms. The molecule has 0 aliphatic heterocycles. The summed E-state index contributed by atoms with van der Waals surface area (Å²) in [6, 6.07) is 0.548. The number of hydrogen-bond donors (Lipinski definition) is 3. The van der Waals surface area contributed by atoms with Crippen LogP contribution >= 0.6 is 0 Å². The van der Waals surface area contributed by atoms with E-state index in [1.807, 2.05) is 6.92 Å². The lowest BCUT2D eigenvalue weighted by molar-refractivity contribution is 0.146. The van der Waals surface area contributed by atoms with Gasteiger partial charge in [0, 0.05) is 25.8 Å². The quantitative estimate of drug-likeness (QED) is 0.195. The Kier molecular flexibility index (Phi) is 5.42. The number of aliphatic imine (C=N–C) groups is 1. The van der Waals surface area contributed by atoms with Gasteiger partial charge in [0.05, 0.1) is 0 Å². The lowest BCUT2D eigenvalue weighted by atomic mass is 10.4. The highest BCUT2D eigenvalue weighted by Gasteiger charge is 2.33. The van der Waals surface area contributed by atoms with E-state index < -0.39 is 0 Å². The SMILES string of the molecule is CCOCCCN=C(NN)NC1CC1C. The van der Waals surface area contributed by atoms with Crippen molar-refractivity contribution in [1.29, 1.82) is 0 Å². The molecule has 2 unspecified atom stereocenters. The fraction of sp³-hybridized carbons (Fsp3) is 0.900. The lowest BCUT2D eigenvalue weighted by Gasteiger charge is -2.08. The molecular formula is C10H22N4O. The molecule has 0 bridgehead atoms. The van der Waals surface area contributed by atoms with Crippen LogP contribution < -0.4 is 16.6 Å². The van der Waals surface area contributed by atoms with E-state index in [1.165, 1.54) is 6.42 Å². The molecule has 4 N–H and O–H groups in total. The van der Waals surface area contributed by atoms with Crippen molar-refractivity contribution in [3.8, 4) is 0 Å². The van der Waals surface area contributed by atoms with Gasteiger partial charge in [0.1, 0.15) is 0 Å². The summed E-state index contributed by atoms with van der Waals surface area (Å²) >= 11 is 0. The minimum atomic E-state index is 0.548. The molecule has 0 aromatic heterocycles. The summed E-state index contributed by atoms with van der Waals surface area (Å²) in [6.07, 6.45) is 2.14. The predicted molar refractivity (Wildman–Crippen MR) is 61.4 cm³/mol. The van der Waals surface area contributed by atoms with Gasteiger partial charge in [0.25, 0.3) is 0 Å². The highest BCUT2D eigenvalue weighted by molar-refractivity contribution is 5.79. The van der Waals surface area contributed by atoms with Crippen LogP contribution in [0.1, 0.15) is 26.7 Å². The summed E-state index contributed by atoms with van der Waals surface area (Å²) in [5.41, 5.74) is 2.58. The van der Waals surface area contributed by atoms with E-state index in [4.69, 9.17) is 10.6 Å². The molecule has 1 aliphatic carbocycles. The number of guanidine groups is 1. The first-order valence-corrected chi connectivity index (χ1v) is 5.63. The summed E-state index contributed by atoms with van der Waals surface area (Å²) in [5, 5.41) is 3.25. The van der Waals surface area contributed by atoms with E-state index in [1.54, 1.807) is 0 Å². The summed E-state index contributed by atoms with van der Waals surface area (Å²) in [5.74, 6) is 6.80. The minimum Gasteiger partial charge on any atom is -0.382 e. The number of nitrogens with zero attached hydrogens (tertiary/aromatic N) is 1. The van der Waals surface area contributed by atoms with Gasteiger partial charge in [-0.3, -0.25) is 10.4 Å². The summed E-state index contributed by atoms with van der Waals surface area (Å²) in [6.45, 7) is 6.47. The first-order valence-electron chi connectivity index (χ1n) is 5.63. The van der Waals surface area contributed by atoms with Gasteiger partial charge >= 0.3 is 0 Å². The number of hydrazine groups is 1. The maximum Gasteiger partial charge on any atom is 0.205 e. The third kappa shape index (κ3) is 4.99. The van der Waals surface area contributed by atoms with Gasteiger partial charge in [-0.05, 0) is 25.7 Å². The molecule has 0 spiro atoms. The van der Waals surface area contributed by atoms with Gasteiger partial charge in [-0.25, -0.2) is 5.84 Å². The zero-order valence-electron chi connectivity index (χ0n) is 9.62. The lowest BCUT2D eigenvalue weighted by Crippen LogP contribution is -2.43. The zero-order valence-corrected chi connectivity index (χ0v) is 9.62. The maximum absolute atomic E-state index is 5.36. The topological polar surface area (TPSA) is 71.7 Å². The van der Waals surface area contributed by atoms with E-state index in [2.05, 4.69) is 22.7 Å². The van der Waals surface area contributed by atoms with Crippen molar-refractivity contribution in [2.45, 2.75) is 32.7 Å². The Bertz CT molecular complexity index is 208. The van der Waals surface area contributed by atoms with Gasteiger partial charge < -0.3 is 10.1 Å². The molecule has 1 fully saturated rings. The van der Waals surface area contributed by atoms with Crippen molar-refractivity contribution in [2.24, 2.45) is 16.8 Å². The van der Waals surface area contributed by atoms with Crippen LogP contribution in [0.5, 0.6) is 0 Å². The number of nitrogens with one attached hydrogen (secondary N) is 2. The fourth-order valence-electron chi connectivity index (χ4n) is 1.33. The van der Waals surface area contributed by atoms with Gasteiger partial charge in [-0.1, -0.05) is 6.92 Å². The second kappa shape index (κ2) is 6.63. The van der Waals surface area contributed by atoms with Crippen LogP contribution in [0.25, 0.3) is 0 Å². The van der Waals surface area contributed by atoms with Crippen LogP contribution in [0.15, 0.2) is 4.99 Å². The third-order valence-electron chi connectivity index (χ3n) is 2.49. The average molecular weight is 214 g/mol. The van der Waals surface area contributed by atoms with Crippen LogP contribution in [0, 0.1) is 5.92 Å². The first kappa shape index (κ1) is 12.3. The molecule has 0 aromatic rings. The highest BCUT2D eigenvalue weighted by Crippen LogP contribution is 2.28. The second-order valence-electron chi connectivity index (χ2n) is 3.89. The summed E-state index contributed by atoms with van der Waals surface area (Å²) in [4.78, 5) is 4.32. The van der Waals surface area contributed by atoms with Crippen molar-refractivity contribution in [1.82, 2.24) is 10.7 Å². The molecule has 0 saturated heterocycles. The first-order chi connectivity index (χ1) is 7.27. The Morgan fingerprint density at radius 3 is 2.87 bits per heavy atom. The standard InChI is InChI=1S/C10H22N4O/c1-3-15-6-4-5-12-10(14-11)13-9-7-8(9)2/h8-9H,3-7,11H2,1-2H3,(H2,12,13,14). The monoisotopic (exact) mass is 214 g/mol. The Morgan fingerprint density at radius 1 is 1.60 bits per heavy atom. The number of rotatable bonds is 6. The van der Waals surface area contributed by atoms with Gasteiger partial charge in [0.2, 0.25) is 5.96 Å². The molecule has 1 saturated carbocycles. The third-order valence-corrected chi connectivity index (χ3v) is 2.49. The van der Waals surface area contributed by atoms with E-state index in [0.29, 0.717) is 12.0 Å². The zero-order chi connectivity index (χ0) is 11.1. The second-order valence-corrected chi connectivity index (χ2v) is 3.89. The fourth-order valence-corrected chi connectivity index (χ4v) is 1.33. The van der Waals surface area contributed by atoms with Crippen LogP contribution in [0.4, 0.5) is 0 Å². The van der Waals surface area contributed by atoms with Gasteiger partial charge in [-0.15, -0.1) is 0 Å². The van der Waals surface area contributed by atoms with Crippen molar-refractivity contribution < 1.29 is 4.74 Å². The molecule has 5 nitrogen and oxygen atoms in total. The van der Waals surface area contributed by atoms with Crippen molar-refractivity contribution in [2.75, 3.05) is 19.8 Å². The highest BCUT2D eigenvalue weighted by atomic mass is 16.5. The van der Waals surface area contributed by atoms with Gasteiger partial charge in [-0.2, -0.15) is 0 Å². The average Bonchev–Trinajstić information content (AvgIpc) is 2.92. The molecule has 0 aromatic carbocycles. The van der Waals surface area contributed by atoms with Gasteiger partial charge in [0.15, 0.2) is 0 Å². The molecule has 15 heavy (non-hydrogen) atoms. The Labute approximate surface area is 91.4 Å². The normalized spacial score (nSPS) is 25.1. The minimum absolute atomic E-state index is 0.548. The molecule has 88 valence electrons. The summed E-state index contributed by atoms with van der Waals surface area (Å²) < 4.78 is 5.22. The summed E-state index contributed by atoms with van der Waals surface area (Å²) in [7, 11) is 0. The number of nitrogens with two attached hydrogens (primary N) is 1. The molecular weight excluding hydrogens is 192 g/mol. The van der Waals surface area contributed by atoms with Crippen LogP contribution in [0.2, 0.25) is 0 Å². The number of hydrogen-bond acceptors (Lipinski definition) is 3. The predicted octanol–water partition coefficient (Wildman–Crippen LogP) is 0.230. The van der Waals surface area contributed by atoms with Crippen molar-refractivity contribution in [3.05, 3.63) is 0 Å². The van der Waals surface area contributed by atoms with Crippen molar-refractivity contribution in [3.63, 3.8) is 0 Å². The molecule has 0 amide bonds. The van der Waals surface area contributed by atoms with Crippen LogP contribution in [0.3, 0.4) is 0 Å². The Hall–Kier alpha value is -0.810. The van der Waals surface area contributed by atoms with E-state index in [0.717, 1.165) is 32.1 Å². The Balaban J connectivity index is 2.10. The van der Waals surface area contributed by atoms with Crippen molar-refractivity contribution >= 4 is 5.96 Å². The van der Waals surface area contributed by atoms with E-state index in [9.17, 15) is 0 Å². The Morgan fingerprint density at radius 2 is 2.33 bits per heavy atom. The van der Waals surface area contributed by atoms with Crippen LogP contribution in [-0.4, -0.2) is 31.8 Å². The smallest absolute Gasteiger partial charge is 0.205 e.